The number of aryl methyl sites for hydroxylation is 1. The van der Waals surface area contributed by atoms with Crippen LogP contribution in [0.15, 0.2) is 47.3 Å². The van der Waals surface area contributed by atoms with Crippen molar-refractivity contribution in [3.8, 4) is 0 Å². The third kappa shape index (κ3) is 3.35. The van der Waals surface area contributed by atoms with Gasteiger partial charge in [-0.3, -0.25) is 9.59 Å². The average molecular weight is 312 g/mol. The van der Waals surface area contributed by atoms with Gasteiger partial charge >= 0.3 is 0 Å². The summed E-state index contributed by atoms with van der Waals surface area (Å²) in [6, 6.07) is 13.2. The molecule has 2 atom stereocenters. The van der Waals surface area contributed by atoms with E-state index < -0.39 is 0 Å². The van der Waals surface area contributed by atoms with Crippen molar-refractivity contribution in [3.63, 3.8) is 0 Å². The summed E-state index contributed by atoms with van der Waals surface area (Å²) in [4.78, 5) is 29.1. The smallest absolute Gasteiger partial charge is 0.260 e. The molecule has 5 heteroatoms. The lowest BCUT2D eigenvalue weighted by Crippen LogP contribution is -2.47. The van der Waals surface area contributed by atoms with Crippen LogP contribution in [0.5, 0.6) is 0 Å². The van der Waals surface area contributed by atoms with Crippen LogP contribution in [0.4, 0.5) is 0 Å². The van der Waals surface area contributed by atoms with Crippen LogP contribution in [0.2, 0.25) is 0 Å². The van der Waals surface area contributed by atoms with E-state index in [2.05, 4.69) is 4.98 Å². The molecule has 1 aliphatic rings. The lowest BCUT2D eigenvalue weighted by Gasteiger charge is -2.37. The molecule has 1 saturated heterocycles. The van der Waals surface area contributed by atoms with Gasteiger partial charge in [0.15, 0.2) is 0 Å². The van der Waals surface area contributed by atoms with E-state index in [-0.39, 0.29) is 29.2 Å². The van der Waals surface area contributed by atoms with Gasteiger partial charge in [0, 0.05) is 12.2 Å². The van der Waals surface area contributed by atoms with Crippen molar-refractivity contribution in [1.29, 1.82) is 0 Å². The third-order valence-electron chi connectivity index (χ3n) is 4.00. The van der Waals surface area contributed by atoms with Gasteiger partial charge in [-0.15, -0.1) is 0 Å². The Hall–Kier alpha value is -2.40. The van der Waals surface area contributed by atoms with Crippen molar-refractivity contribution in [3.05, 3.63) is 69.6 Å². The first-order chi connectivity index (χ1) is 11.0. The highest BCUT2D eigenvalue weighted by Crippen LogP contribution is 2.25. The minimum Gasteiger partial charge on any atom is -0.367 e. The first-order valence-corrected chi connectivity index (χ1v) is 7.74. The SMILES string of the molecule is Cc1ccc(C(=O)N2C[C@@H](C)O[C@H](c3ccccc3)C2)c(=O)[nH]1. The van der Waals surface area contributed by atoms with Crippen molar-refractivity contribution in [1.82, 2.24) is 9.88 Å². The number of aromatic nitrogens is 1. The Labute approximate surface area is 134 Å². The van der Waals surface area contributed by atoms with Gasteiger partial charge in [-0.05, 0) is 31.5 Å². The number of rotatable bonds is 2. The second-order valence-electron chi connectivity index (χ2n) is 5.94. The summed E-state index contributed by atoms with van der Waals surface area (Å²) in [5.74, 6) is -0.248. The highest BCUT2D eigenvalue weighted by atomic mass is 16.5. The van der Waals surface area contributed by atoms with Gasteiger partial charge in [-0.25, -0.2) is 0 Å². The van der Waals surface area contributed by atoms with E-state index >= 15 is 0 Å². The van der Waals surface area contributed by atoms with Crippen molar-refractivity contribution < 1.29 is 9.53 Å². The van der Waals surface area contributed by atoms with E-state index in [0.717, 1.165) is 11.3 Å². The molecule has 1 aliphatic heterocycles. The number of aromatic amines is 1. The minimum absolute atomic E-state index is 0.0811. The van der Waals surface area contributed by atoms with Gasteiger partial charge in [0.2, 0.25) is 0 Å². The standard InChI is InChI=1S/C18H20N2O3/c1-12-8-9-15(17(21)19-12)18(22)20-10-13(2)23-16(11-20)14-6-4-3-5-7-14/h3-9,13,16H,10-11H2,1-2H3,(H,19,21)/t13-,16+/m1/s1. The molecule has 0 aliphatic carbocycles. The zero-order chi connectivity index (χ0) is 16.4. The summed E-state index contributed by atoms with van der Waals surface area (Å²) in [7, 11) is 0. The molecule has 0 radical (unpaired) electrons. The molecule has 5 nitrogen and oxygen atoms in total. The summed E-state index contributed by atoms with van der Waals surface area (Å²) in [5, 5.41) is 0. The van der Waals surface area contributed by atoms with E-state index in [4.69, 9.17) is 4.74 Å². The monoisotopic (exact) mass is 312 g/mol. The number of benzene rings is 1. The number of amides is 1. The number of pyridine rings is 1. The van der Waals surface area contributed by atoms with Crippen LogP contribution in [-0.2, 0) is 4.74 Å². The average Bonchev–Trinajstić information content (AvgIpc) is 2.54. The van der Waals surface area contributed by atoms with Crippen molar-refractivity contribution in [2.24, 2.45) is 0 Å². The maximum absolute atomic E-state index is 12.7. The molecule has 2 aromatic rings. The van der Waals surface area contributed by atoms with E-state index in [1.807, 2.05) is 37.3 Å². The number of carbonyl (C=O) groups is 1. The summed E-state index contributed by atoms with van der Waals surface area (Å²) in [6.07, 6.45) is -0.254. The van der Waals surface area contributed by atoms with Crippen molar-refractivity contribution >= 4 is 5.91 Å². The summed E-state index contributed by atoms with van der Waals surface area (Å²) < 4.78 is 5.96. The van der Waals surface area contributed by atoms with Crippen LogP contribution in [0.1, 0.15) is 34.6 Å². The Morgan fingerprint density at radius 2 is 1.91 bits per heavy atom. The summed E-state index contributed by atoms with van der Waals surface area (Å²) in [5.41, 5.74) is 1.61. The lowest BCUT2D eigenvalue weighted by atomic mass is 10.1. The summed E-state index contributed by atoms with van der Waals surface area (Å²) >= 11 is 0. The van der Waals surface area contributed by atoms with Gasteiger partial charge in [0.1, 0.15) is 11.7 Å². The Morgan fingerprint density at radius 1 is 1.17 bits per heavy atom. The van der Waals surface area contributed by atoms with Gasteiger partial charge < -0.3 is 14.6 Å². The molecule has 0 unspecified atom stereocenters. The Kier molecular flexibility index (Phi) is 4.30. The Bertz CT molecular complexity index is 754. The van der Waals surface area contributed by atoms with Crippen molar-refractivity contribution in [2.75, 3.05) is 13.1 Å². The molecule has 0 bridgehead atoms. The number of carbonyl (C=O) groups excluding carboxylic acids is 1. The molecule has 1 aromatic carbocycles. The number of hydrogen-bond acceptors (Lipinski definition) is 3. The molecule has 2 heterocycles. The molecule has 1 aromatic heterocycles. The van der Waals surface area contributed by atoms with Crippen LogP contribution >= 0.6 is 0 Å². The molecule has 23 heavy (non-hydrogen) atoms. The highest BCUT2D eigenvalue weighted by molar-refractivity contribution is 5.94. The number of ether oxygens (including phenoxy) is 1. The molecule has 1 fully saturated rings. The Balaban J connectivity index is 1.84. The Morgan fingerprint density at radius 3 is 2.61 bits per heavy atom. The highest BCUT2D eigenvalue weighted by Gasteiger charge is 2.30. The zero-order valence-corrected chi connectivity index (χ0v) is 13.3. The van der Waals surface area contributed by atoms with Crippen LogP contribution in [0, 0.1) is 6.92 Å². The molecule has 0 spiro atoms. The molecule has 0 saturated carbocycles. The number of hydrogen-bond donors (Lipinski definition) is 1. The zero-order valence-electron chi connectivity index (χ0n) is 13.3. The second-order valence-corrected chi connectivity index (χ2v) is 5.94. The molecule has 1 N–H and O–H groups in total. The van der Waals surface area contributed by atoms with Gasteiger partial charge in [-0.1, -0.05) is 30.3 Å². The number of morpholine rings is 1. The maximum atomic E-state index is 12.7. The van der Waals surface area contributed by atoms with E-state index in [1.165, 1.54) is 0 Å². The maximum Gasteiger partial charge on any atom is 0.260 e. The number of nitrogens with zero attached hydrogens (tertiary/aromatic N) is 1. The fourth-order valence-corrected chi connectivity index (χ4v) is 2.88. The number of nitrogens with one attached hydrogen (secondary N) is 1. The lowest BCUT2D eigenvalue weighted by molar-refractivity contribution is -0.0692. The normalized spacial score (nSPS) is 21.2. The van der Waals surface area contributed by atoms with Crippen LogP contribution in [0.3, 0.4) is 0 Å². The molecule has 1 amide bonds. The minimum atomic E-state index is -0.342. The molecular formula is C18H20N2O3. The van der Waals surface area contributed by atoms with E-state index in [0.29, 0.717) is 13.1 Å². The van der Waals surface area contributed by atoms with Crippen LogP contribution in [0.25, 0.3) is 0 Å². The fraction of sp³-hybridized carbons (Fsp3) is 0.333. The third-order valence-corrected chi connectivity index (χ3v) is 4.00. The number of H-pyrrole nitrogens is 1. The van der Waals surface area contributed by atoms with Gasteiger partial charge in [0.05, 0.1) is 12.6 Å². The molecule has 120 valence electrons. The predicted molar refractivity (Wildman–Crippen MR) is 87.4 cm³/mol. The molecule has 3 rings (SSSR count). The van der Waals surface area contributed by atoms with Crippen LogP contribution in [-0.4, -0.2) is 35.0 Å². The fourth-order valence-electron chi connectivity index (χ4n) is 2.88. The summed E-state index contributed by atoms with van der Waals surface area (Å²) in [6.45, 7) is 4.66. The topological polar surface area (TPSA) is 62.4 Å². The van der Waals surface area contributed by atoms with Crippen LogP contribution < -0.4 is 5.56 Å². The quantitative estimate of drug-likeness (QED) is 0.925. The second kappa shape index (κ2) is 6.38. The van der Waals surface area contributed by atoms with Gasteiger partial charge in [0.25, 0.3) is 11.5 Å². The predicted octanol–water partition coefficient (Wildman–Crippen LogP) is 2.29. The van der Waals surface area contributed by atoms with Gasteiger partial charge in [-0.2, -0.15) is 0 Å². The van der Waals surface area contributed by atoms with Crippen molar-refractivity contribution in [2.45, 2.75) is 26.1 Å². The first kappa shape index (κ1) is 15.5. The molecular weight excluding hydrogens is 292 g/mol. The first-order valence-electron chi connectivity index (χ1n) is 7.74. The van der Waals surface area contributed by atoms with E-state index in [1.54, 1.807) is 24.0 Å². The largest absolute Gasteiger partial charge is 0.367 e. The van der Waals surface area contributed by atoms with E-state index in [9.17, 15) is 9.59 Å².